The van der Waals surface area contributed by atoms with Crippen LogP contribution in [0.4, 0.5) is 18.0 Å². The Labute approximate surface area is 185 Å². The number of hydrogen-bond donors (Lipinski definition) is 1. The maximum absolute atomic E-state index is 15.4. The number of carbonyl (C=O) groups excluding carboxylic acids is 1. The van der Waals surface area contributed by atoms with E-state index >= 15 is 4.39 Å². The van der Waals surface area contributed by atoms with Crippen molar-refractivity contribution < 1.29 is 26.4 Å². The van der Waals surface area contributed by atoms with Crippen LogP contribution in [0.2, 0.25) is 0 Å². The molecule has 2 aliphatic rings. The first kappa shape index (κ1) is 22.6. The molecule has 2 saturated heterocycles. The van der Waals surface area contributed by atoms with Gasteiger partial charge in [0, 0.05) is 31.2 Å². The van der Waals surface area contributed by atoms with E-state index in [-0.39, 0.29) is 30.1 Å². The highest BCUT2D eigenvalue weighted by Gasteiger charge is 2.41. The number of likely N-dealkylation sites (tertiary alicyclic amines) is 2. The predicted molar refractivity (Wildman–Crippen MR) is 114 cm³/mol. The third-order valence-corrected chi connectivity index (χ3v) is 6.99. The molecule has 2 aliphatic heterocycles. The van der Waals surface area contributed by atoms with Crippen molar-refractivity contribution in [1.82, 2.24) is 14.5 Å². The predicted octanol–water partition coefficient (Wildman–Crippen LogP) is 3.29. The Balaban J connectivity index is 1.65. The van der Waals surface area contributed by atoms with Crippen molar-refractivity contribution in [3.05, 3.63) is 59.7 Å². The van der Waals surface area contributed by atoms with Gasteiger partial charge in [0.15, 0.2) is 0 Å². The molecule has 0 radical (unpaired) electrons. The molecule has 2 aromatic carbocycles. The second-order valence-electron chi connectivity index (χ2n) is 8.11. The van der Waals surface area contributed by atoms with E-state index in [1.807, 2.05) is 0 Å². The van der Waals surface area contributed by atoms with Gasteiger partial charge in [-0.25, -0.2) is 31.1 Å². The monoisotopic (exact) mass is 467 g/mol. The van der Waals surface area contributed by atoms with E-state index < -0.39 is 39.7 Å². The van der Waals surface area contributed by atoms with E-state index in [1.54, 1.807) is 28.0 Å². The highest BCUT2D eigenvalue weighted by molar-refractivity contribution is 7.89. The summed E-state index contributed by atoms with van der Waals surface area (Å²) in [5.41, 5.74) is 0.852. The van der Waals surface area contributed by atoms with Crippen molar-refractivity contribution in [3.63, 3.8) is 0 Å². The van der Waals surface area contributed by atoms with Crippen LogP contribution in [0.15, 0.2) is 42.5 Å². The van der Waals surface area contributed by atoms with Crippen LogP contribution in [0.5, 0.6) is 0 Å². The zero-order valence-corrected chi connectivity index (χ0v) is 18.1. The molecule has 32 heavy (non-hydrogen) atoms. The lowest BCUT2D eigenvalue weighted by Gasteiger charge is -2.38. The van der Waals surface area contributed by atoms with Gasteiger partial charge in [-0.2, -0.15) is 0 Å². The largest absolute Gasteiger partial charge is 0.325 e. The summed E-state index contributed by atoms with van der Waals surface area (Å²) < 4.78 is 68.0. The number of nitrogens with one attached hydrogen (secondary N) is 1. The van der Waals surface area contributed by atoms with E-state index in [0.29, 0.717) is 25.1 Å². The van der Waals surface area contributed by atoms with Gasteiger partial charge < -0.3 is 9.80 Å². The van der Waals surface area contributed by atoms with Crippen molar-refractivity contribution in [3.8, 4) is 11.1 Å². The molecule has 0 aromatic heterocycles. The van der Waals surface area contributed by atoms with Crippen molar-refractivity contribution in [1.29, 1.82) is 0 Å². The second-order valence-corrected chi connectivity index (χ2v) is 9.80. The molecule has 6 nitrogen and oxygen atoms in total. The molecular weight excluding hydrogens is 443 g/mol. The Hall–Kier alpha value is -2.59. The molecule has 2 atom stereocenters. The molecule has 2 amide bonds. The average Bonchev–Trinajstić information content (AvgIpc) is 3.09. The number of halogens is 3. The van der Waals surface area contributed by atoms with E-state index in [4.69, 9.17) is 0 Å². The molecular formula is C22H24F3N3O3S. The van der Waals surface area contributed by atoms with Gasteiger partial charge in [0.2, 0.25) is 16.0 Å². The molecule has 10 heteroatoms. The second kappa shape index (κ2) is 9.11. The minimum absolute atomic E-state index is 0.0358. The molecule has 4 rings (SSSR count). The molecule has 0 unspecified atom stereocenters. The summed E-state index contributed by atoms with van der Waals surface area (Å²) in [4.78, 5) is 16.1. The van der Waals surface area contributed by atoms with Crippen LogP contribution in [0, 0.1) is 11.6 Å². The Morgan fingerprint density at radius 3 is 2.50 bits per heavy atom. The van der Waals surface area contributed by atoms with Crippen LogP contribution in [0.1, 0.15) is 18.4 Å². The molecule has 2 aromatic rings. The van der Waals surface area contributed by atoms with E-state index in [1.165, 1.54) is 24.3 Å². The Morgan fingerprint density at radius 1 is 1.09 bits per heavy atom. The lowest BCUT2D eigenvalue weighted by molar-refractivity contribution is 0.120. The summed E-state index contributed by atoms with van der Waals surface area (Å²) in [6.07, 6.45) is 1.23. The van der Waals surface area contributed by atoms with Gasteiger partial charge in [0.25, 0.3) is 0 Å². The zero-order valence-electron chi connectivity index (χ0n) is 17.3. The minimum Gasteiger partial charge on any atom is -0.325 e. The standard InChI is InChI=1S/C22H24F3N3O3S/c23-14-32(30,31)26-19-8-11-28(22(29)27-9-3-10-27)20(19)13-16-5-2-7-18(21(16)25)15-4-1-6-17(24)12-15/h1-2,4-7,12,19-20,26H,3,8-11,13-14H2/t19-,20-/m0/s1. The number of benzene rings is 2. The third kappa shape index (κ3) is 4.61. The van der Waals surface area contributed by atoms with Gasteiger partial charge in [-0.3, -0.25) is 0 Å². The van der Waals surface area contributed by atoms with Crippen LogP contribution < -0.4 is 4.72 Å². The van der Waals surface area contributed by atoms with E-state index in [2.05, 4.69) is 4.72 Å². The zero-order chi connectivity index (χ0) is 22.9. The topological polar surface area (TPSA) is 69.7 Å². The van der Waals surface area contributed by atoms with Crippen LogP contribution in [0.25, 0.3) is 11.1 Å². The number of nitrogens with zero attached hydrogens (tertiary/aromatic N) is 2. The van der Waals surface area contributed by atoms with Crippen LogP contribution in [-0.4, -0.2) is 62.0 Å². The first-order chi connectivity index (χ1) is 15.3. The summed E-state index contributed by atoms with van der Waals surface area (Å²) in [6, 6.07) is 7.10. The Kier molecular flexibility index (Phi) is 6.43. The Morgan fingerprint density at radius 2 is 1.84 bits per heavy atom. The number of amides is 2. The van der Waals surface area contributed by atoms with Crippen LogP contribution in [-0.2, 0) is 16.4 Å². The highest BCUT2D eigenvalue weighted by atomic mass is 32.2. The van der Waals surface area contributed by atoms with Gasteiger partial charge in [0.05, 0.1) is 6.04 Å². The number of alkyl halides is 1. The average molecular weight is 468 g/mol. The van der Waals surface area contributed by atoms with E-state index in [0.717, 1.165) is 6.42 Å². The summed E-state index contributed by atoms with van der Waals surface area (Å²) in [7, 11) is -4.16. The summed E-state index contributed by atoms with van der Waals surface area (Å²) in [6.45, 7) is 1.52. The fourth-order valence-electron chi connectivity index (χ4n) is 4.27. The Bertz CT molecular complexity index is 1110. The fraction of sp³-hybridized carbons (Fsp3) is 0.409. The number of urea groups is 1. The number of rotatable bonds is 6. The molecule has 2 heterocycles. The molecule has 0 spiro atoms. The van der Waals surface area contributed by atoms with Crippen molar-refractivity contribution in [2.24, 2.45) is 0 Å². The number of hydrogen-bond acceptors (Lipinski definition) is 3. The maximum atomic E-state index is 15.4. The number of sulfonamides is 1. The first-order valence-corrected chi connectivity index (χ1v) is 12.1. The van der Waals surface area contributed by atoms with Gasteiger partial charge >= 0.3 is 6.03 Å². The van der Waals surface area contributed by atoms with Crippen molar-refractivity contribution in [2.45, 2.75) is 31.3 Å². The van der Waals surface area contributed by atoms with Crippen molar-refractivity contribution in [2.75, 3.05) is 25.6 Å². The number of carbonyl (C=O) groups is 1. The molecule has 172 valence electrons. The molecule has 2 fully saturated rings. The summed E-state index contributed by atoms with van der Waals surface area (Å²) >= 11 is 0. The highest BCUT2D eigenvalue weighted by Crippen LogP contribution is 2.30. The van der Waals surface area contributed by atoms with Crippen LogP contribution >= 0.6 is 0 Å². The van der Waals surface area contributed by atoms with Gasteiger partial charge in [-0.05, 0) is 42.5 Å². The van der Waals surface area contributed by atoms with Gasteiger partial charge in [-0.1, -0.05) is 30.3 Å². The molecule has 0 bridgehead atoms. The van der Waals surface area contributed by atoms with E-state index in [9.17, 15) is 22.0 Å². The normalized spacial score (nSPS) is 21.0. The third-order valence-electron chi connectivity index (χ3n) is 6.04. The summed E-state index contributed by atoms with van der Waals surface area (Å²) in [5, 5.41) is 0. The van der Waals surface area contributed by atoms with Crippen LogP contribution in [0.3, 0.4) is 0 Å². The van der Waals surface area contributed by atoms with Gasteiger partial charge in [0.1, 0.15) is 11.6 Å². The quantitative estimate of drug-likeness (QED) is 0.709. The first-order valence-electron chi connectivity index (χ1n) is 10.4. The fourth-order valence-corrected chi connectivity index (χ4v) is 5.07. The van der Waals surface area contributed by atoms with Crippen molar-refractivity contribution >= 4 is 16.1 Å². The lowest BCUT2D eigenvalue weighted by Crippen LogP contribution is -2.54. The smallest absolute Gasteiger partial charge is 0.320 e. The maximum Gasteiger partial charge on any atom is 0.320 e. The molecule has 0 saturated carbocycles. The van der Waals surface area contributed by atoms with Gasteiger partial charge in [-0.15, -0.1) is 0 Å². The lowest BCUT2D eigenvalue weighted by atomic mass is 9.96. The molecule has 1 N–H and O–H groups in total. The molecule has 0 aliphatic carbocycles. The SMILES string of the molecule is O=C(N1CCC1)N1CC[C@H](NS(=O)(=O)CF)[C@@H]1Cc1cccc(-c2cccc(F)c2)c1F. The minimum atomic E-state index is -4.16. The summed E-state index contributed by atoms with van der Waals surface area (Å²) in [5.74, 6) is -1.05.